The van der Waals surface area contributed by atoms with Crippen LogP contribution in [0.15, 0.2) is 0 Å². The molecule has 4 unspecified atom stereocenters. The number of hydrogen-bond donors (Lipinski definition) is 1. The van der Waals surface area contributed by atoms with Crippen molar-refractivity contribution in [2.75, 3.05) is 0 Å². The van der Waals surface area contributed by atoms with Gasteiger partial charge in [0.25, 0.3) is 0 Å². The van der Waals surface area contributed by atoms with Crippen molar-refractivity contribution in [3.8, 4) is 0 Å². The molecule has 0 spiro atoms. The Bertz CT molecular complexity index is 207. The SMILES string of the molecule is CC(N)CCCC[CH](C)[Sn+2][CH]=S.CCC(C)[O-].CCC(C)[O-]. The van der Waals surface area contributed by atoms with Gasteiger partial charge < -0.3 is 10.2 Å². The molecule has 0 heterocycles. The Morgan fingerprint density at radius 1 is 0.955 bits per heavy atom. The zero-order chi connectivity index (χ0) is 18.0. The van der Waals surface area contributed by atoms with E-state index in [-0.39, 0.29) is 33.4 Å². The van der Waals surface area contributed by atoms with Crippen LogP contribution in [-0.4, -0.2) is 42.8 Å². The maximum atomic E-state index is 9.90. The van der Waals surface area contributed by atoms with Crippen LogP contribution in [0.4, 0.5) is 0 Å². The van der Waals surface area contributed by atoms with E-state index in [0.717, 1.165) is 16.8 Å². The summed E-state index contributed by atoms with van der Waals surface area (Å²) >= 11 is 4.59. The van der Waals surface area contributed by atoms with Gasteiger partial charge in [0.2, 0.25) is 0 Å². The predicted octanol–water partition coefficient (Wildman–Crippen LogP) is 2.65. The first-order chi connectivity index (χ1) is 10.2. The molecule has 0 fully saturated rings. The summed E-state index contributed by atoms with van der Waals surface area (Å²) < 4.78 is 2.94. The Kier molecular flexibility index (Phi) is 27.3. The van der Waals surface area contributed by atoms with E-state index in [1.165, 1.54) is 25.7 Å². The first-order valence-corrected chi connectivity index (χ1v) is 12.2. The molecule has 0 rings (SSSR count). The van der Waals surface area contributed by atoms with Gasteiger partial charge in [0.15, 0.2) is 0 Å². The van der Waals surface area contributed by atoms with Gasteiger partial charge >= 0.3 is 92.0 Å². The Morgan fingerprint density at radius 3 is 1.59 bits per heavy atom. The number of nitrogens with two attached hydrogens (primary N) is 1. The summed E-state index contributed by atoms with van der Waals surface area (Å²) in [5, 5.41) is 19.8. The summed E-state index contributed by atoms with van der Waals surface area (Å²) in [5.41, 5.74) is 5.66. The van der Waals surface area contributed by atoms with Gasteiger partial charge in [0, 0.05) is 0 Å². The summed E-state index contributed by atoms with van der Waals surface area (Å²) in [6.07, 6.45) is 5.94. The summed E-state index contributed by atoms with van der Waals surface area (Å²) in [4.78, 5) is 0. The van der Waals surface area contributed by atoms with Crippen molar-refractivity contribution >= 4 is 36.7 Å². The van der Waals surface area contributed by atoms with Gasteiger partial charge in [-0.3, -0.25) is 0 Å². The molecule has 0 aliphatic rings. The second-order valence-electron chi connectivity index (χ2n) is 5.89. The van der Waals surface area contributed by atoms with Crippen molar-refractivity contribution < 1.29 is 10.2 Å². The van der Waals surface area contributed by atoms with E-state index in [2.05, 4.69) is 13.8 Å². The van der Waals surface area contributed by atoms with Crippen molar-refractivity contribution in [2.24, 2.45) is 5.73 Å². The molecule has 0 aromatic heterocycles. The van der Waals surface area contributed by atoms with Crippen molar-refractivity contribution in [1.29, 1.82) is 0 Å². The second kappa shape index (κ2) is 21.8. The van der Waals surface area contributed by atoms with Crippen LogP contribution < -0.4 is 15.9 Å². The van der Waals surface area contributed by atoms with E-state index < -0.39 is 0 Å². The molecule has 0 aliphatic carbocycles. The molecule has 0 aliphatic heterocycles. The second-order valence-corrected chi connectivity index (χ2v) is 11.9. The molecule has 0 aromatic rings. The van der Waals surface area contributed by atoms with Gasteiger partial charge in [-0.2, -0.15) is 0 Å². The standard InChI is InChI=1S/C8H18N.2C4H9O.CHS.Sn/c1-3-4-5-6-7-8(2)9;2*1-3-4(2)5;1-2;/h3,8H,4-7,9H2,1-2H3;2*4H,3H2,1-2H3;1H;/q;2*-1;;+2. The van der Waals surface area contributed by atoms with Crippen molar-refractivity contribution in [2.45, 2.75) is 102 Å². The van der Waals surface area contributed by atoms with Crippen LogP contribution >= 0.6 is 12.2 Å². The Morgan fingerprint density at radius 2 is 1.32 bits per heavy atom. The summed E-state index contributed by atoms with van der Waals surface area (Å²) in [6.45, 7) is 11.5. The van der Waals surface area contributed by atoms with Crippen molar-refractivity contribution in [3.05, 3.63) is 0 Å². The average molecular weight is 438 g/mol. The van der Waals surface area contributed by atoms with Crippen LogP contribution in [0.1, 0.15) is 80.1 Å². The summed E-state index contributed by atoms with van der Waals surface area (Å²) in [7, 11) is 0. The van der Waals surface area contributed by atoms with E-state index in [1.807, 2.05) is 17.2 Å². The van der Waals surface area contributed by atoms with E-state index in [4.69, 9.17) is 18.0 Å². The fraction of sp³-hybridized carbons (Fsp3) is 0.941. The van der Waals surface area contributed by atoms with Gasteiger partial charge in [0.05, 0.1) is 0 Å². The predicted molar refractivity (Wildman–Crippen MR) is 100 cm³/mol. The largest absolute Gasteiger partial charge is 0.852 e. The molecule has 0 saturated heterocycles. The third kappa shape index (κ3) is 37.2. The minimum Gasteiger partial charge on any atom is -0.852 e. The fourth-order valence-corrected chi connectivity index (χ4v) is 4.40. The number of unbranched alkanes of at least 4 members (excludes halogenated alkanes) is 1. The zero-order valence-corrected chi connectivity index (χ0v) is 19.1. The molecule has 0 aromatic carbocycles. The van der Waals surface area contributed by atoms with E-state index >= 15 is 0 Å². The topological polar surface area (TPSA) is 72.1 Å². The molecule has 0 saturated carbocycles. The quantitative estimate of drug-likeness (QED) is 0.342. The van der Waals surface area contributed by atoms with Gasteiger partial charge in [-0.1, -0.05) is 40.5 Å². The molecule has 4 atom stereocenters. The minimum absolute atomic E-state index is 0.293. The third-order valence-electron chi connectivity index (χ3n) is 3.05. The fourth-order valence-electron chi connectivity index (χ4n) is 1.12. The number of hydrogen-bond acceptors (Lipinski definition) is 4. The Hall–Kier alpha value is 0.769. The molecule has 0 amide bonds. The molecule has 132 valence electrons. The average Bonchev–Trinajstić information content (AvgIpc) is 2.45. The molecule has 2 N–H and O–H groups in total. The first-order valence-electron chi connectivity index (χ1n) is 8.47. The molecule has 22 heavy (non-hydrogen) atoms. The van der Waals surface area contributed by atoms with Crippen LogP contribution in [0.25, 0.3) is 0 Å². The number of rotatable bonds is 9. The van der Waals surface area contributed by atoms with Crippen LogP contribution in [-0.2, 0) is 0 Å². The molecule has 0 radical (unpaired) electrons. The van der Waals surface area contributed by atoms with Gasteiger partial charge in [-0.25, -0.2) is 0 Å². The Balaban J connectivity index is -0.000000298. The van der Waals surface area contributed by atoms with Gasteiger partial charge in [-0.05, 0) is 0 Å². The maximum absolute atomic E-state index is 9.90. The van der Waals surface area contributed by atoms with Crippen molar-refractivity contribution in [3.63, 3.8) is 0 Å². The zero-order valence-electron chi connectivity index (χ0n) is 15.4. The Labute approximate surface area is 154 Å². The molecule has 3 nitrogen and oxygen atoms in total. The maximum Gasteiger partial charge on any atom is -0.0664 e. The smallest absolute Gasteiger partial charge is 0.0664 e. The van der Waals surface area contributed by atoms with E-state index in [9.17, 15) is 10.2 Å². The van der Waals surface area contributed by atoms with Gasteiger partial charge in [0.1, 0.15) is 0 Å². The third-order valence-corrected chi connectivity index (χ3v) is 6.80. The minimum atomic E-state index is -0.366. The van der Waals surface area contributed by atoms with Gasteiger partial charge in [-0.15, -0.1) is 12.2 Å². The summed E-state index contributed by atoms with van der Waals surface area (Å²) in [5.74, 6) is 0. The monoisotopic (exact) mass is 439 g/mol. The van der Waals surface area contributed by atoms with Crippen LogP contribution in [0.2, 0.25) is 3.93 Å². The number of thiocarbonyl (C=S) groups is 1. The first kappa shape index (κ1) is 27.6. The van der Waals surface area contributed by atoms with Crippen LogP contribution in [0, 0.1) is 0 Å². The molecule has 5 heteroatoms. The van der Waals surface area contributed by atoms with Crippen LogP contribution in [0.5, 0.6) is 0 Å². The summed E-state index contributed by atoms with van der Waals surface area (Å²) in [6, 6.07) is 0.380. The van der Waals surface area contributed by atoms with E-state index in [1.54, 1.807) is 13.8 Å². The molecule has 0 bridgehead atoms. The van der Waals surface area contributed by atoms with Crippen LogP contribution in [0.3, 0.4) is 0 Å². The molecular weight excluding hydrogens is 401 g/mol. The van der Waals surface area contributed by atoms with E-state index in [0.29, 0.717) is 6.04 Å². The molecular formula is C17H37NO2SSn. The van der Waals surface area contributed by atoms with Crippen molar-refractivity contribution in [1.82, 2.24) is 0 Å². The normalized spacial score (nSPS) is 15.0.